The first-order chi connectivity index (χ1) is 13.2. The van der Waals surface area contributed by atoms with Crippen molar-refractivity contribution in [2.24, 2.45) is 4.99 Å². The maximum Gasteiger partial charge on any atom is 0.219 e. The van der Waals surface area contributed by atoms with Gasteiger partial charge in [0.1, 0.15) is 11.6 Å². The van der Waals surface area contributed by atoms with E-state index in [1.54, 1.807) is 25.4 Å². The Labute approximate surface area is 157 Å². The lowest BCUT2D eigenvalue weighted by atomic mass is 9.96. The van der Waals surface area contributed by atoms with Crippen LogP contribution in [0.1, 0.15) is 24.8 Å². The summed E-state index contributed by atoms with van der Waals surface area (Å²) < 4.78 is 24.5. The van der Waals surface area contributed by atoms with E-state index in [1.165, 1.54) is 18.6 Å². The Morgan fingerprint density at radius 2 is 2.15 bits per heavy atom. The monoisotopic (exact) mass is 370 g/mol. The molecule has 4 rings (SSSR count). The second-order valence-corrected chi connectivity index (χ2v) is 6.84. The number of ether oxygens (including phenoxy) is 2. The summed E-state index contributed by atoms with van der Waals surface area (Å²) in [7, 11) is 1.76. The van der Waals surface area contributed by atoms with E-state index < -0.39 is 0 Å². The number of fused-ring (bicyclic) bond motifs is 2. The summed E-state index contributed by atoms with van der Waals surface area (Å²) in [6.07, 6.45) is 5.71. The van der Waals surface area contributed by atoms with Gasteiger partial charge in [-0.1, -0.05) is 0 Å². The van der Waals surface area contributed by atoms with Crippen LogP contribution in [0.15, 0.2) is 47.6 Å². The second kappa shape index (κ2) is 7.92. The number of hydrogen-bond acceptors (Lipinski definition) is 4. The zero-order valence-corrected chi connectivity index (χ0v) is 15.2. The molecule has 6 nitrogen and oxygen atoms in total. The quantitative estimate of drug-likeness (QED) is 0.626. The highest BCUT2D eigenvalue weighted by Gasteiger charge is 2.41. The van der Waals surface area contributed by atoms with Crippen LogP contribution in [0.25, 0.3) is 0 Å². The standard InChI is InChI=1S/C20H23FN4O2/c1-22-20(25-17-11-16-6-7-18(17)26-16)24-12-13-8-9-23-19(10-13)27-15-4-2-14(21)3-5-15/h2-5,8-10,16-18H,6-7,11-12H2,1H3,(H2,22,24,25). The summed E-state index contributed by atoms with van der Waals surface area (Å²) in [4.78, 5) is 8.51. The number of nitrogens with zero attached hydrogens (tertiary/aromatic N) is 2. The van der Waals surface area contributed by atoms with E-state index in [-0.39, 0.29) is 5.82 Å². The Morgan fingerprint density at radius 3 is 2.85 bits per heavy atom. The average molecular weight is 370 g/mol. The first-order valence-corrected chi connectivity index (χ1v) is 9.20. The molecule has 2 aliphatic rings. The molecule has 3 heterocycles. The Balaban J connectivity index is 1.32. The SMILES string of the molecule is CN=C(NCc1ccnc(Oc2ccc(F)cc2)c1)NC1CC2CCC1O2. The summed E-state index contributed by atoms with van der Waals surface area (Å²) >= 11 is 0. The molecule has 27 heavy (non-hydrogen) atoms. The number of rotatable bonds is 5. The first kappa shape index (κ1) is 17.7. The van der Waals surface area contributed by atoms with Crippen LogP contribution in [0.3, 0.4) is 0 Å². The lowest BCUT2D eigenvalue weighted by molar-refractivity contribution is 0.0992. The van der Waals surface area contributed by atoms with Crippen molar-refractivity contribution in [3.8, 4) is 11.6 Å². The molecule has 2 saturated heterocycles. The molecule has 0 saturated carbocycles. The highest BCUT2D eigenvalue weighted by Crippen LogP contribution is 2.34. The molecule has 2 fully saturated rings. The molecule has 0 aliphatic carbocycles. The number of nitrogens with one attached hydrogen (secondary N) is 2. The lowest BCUT2D eigenvalue weighted by Crippen LogP contribution is -2.47. The van der Waals surface area contributed by atoms with Crippen LogP contribution in [0.4, 0.5) is 4.39 Å². The van der Waals surface area contributed by atoms with Gasteiger partial charge < -0.3 is 20.1 Å². The van der Waals surface area contributed by atoms with E-state index in [4.69, 9.17) is 9.47 Å². The third kappa shape index (κ3) is 4.36. The van der Waals surface area contributed by atoms with Crippen molar-refractivity contribution in [1.82, 2.24) is 15.6 Å². The number of hydrogen-bond donors (Lipinski definition) is 2. The molecule has 7 heteroatoms. The maximum atomic E-state index is 13.0. The van der Waals surface area contributed by atoms with Gasteiger partial charge in [-0.15, -0.1) is 0 Å². The number of pyridine rings is 1. The molecule has 2 aliphatic heterocycles. The number of benzene rings is 1. The highest BCUT2D eigenvalue weighted by molar-refractivity contribution is 5.80. The lowest BCUT2D eigenvalue weighted by Gasteiger charge is -2.22. The number of guanidine groups is 1. The third-order valence-corrected chi connectivity index (χ3v) is 4.95. The molecule has 2 bridgehead atoms. The Kier molecular flexibility index (Phi) is 5.20. The molecule has 3 atom stereocenters. The zero-order valence-electron chi connectivity index (χ0n) is 15.2. The normalized spacial score (nSPS) is 24.1. The molecule has 1 aromatic carbocycles. The van der Waals surface area contributed by atoms with E-state index in [2.05, 4.69) is 20.6 Å². The van der Waals surface area contributed by atoms with E-state index in [1.807, 2.05) is 12.1 Å². The van der Waals surface area contributed by atoms with Crippen LogP contribution in [0, 0.1) is 5.82 Å². The van der Waals surface area contributed by atoms with E-state index in [0.717, 1.165) is 24.4 Å². The smallest absolute Gasteiger partial charge is 0.219 e. The summed E-state index contributed by atoms with van der Waals surface area (Å²) in [6.45, 7) is 0.587. The van der Waals surface area contributed by atoms with Crippen LogP contribution < -0.4 is 15.4 Å². The fraction of sp³-hybridized carbons (Fsp3) is 0.400. The minimum absolute atomic E-state index is 0.296. The van der Waals surface area contributed by atoms with E-state index >= 15 is 0 Å². The Bertz CT molecular complexity index is 812. The maximum absolute atomic E-state index is 13.0. The van der Waals surface area contributed by atoms with Crippen LogP contribution in [0.2, 0.25) is 0 Å². The Morgan fingerprint density at radius 1 is 1.30 bits per heavy atom. The van der Waals surface area contributed by atoms with Gasteiger partial charge in [0.25, 0.3) is 0 Å². The average Bonchev–Trinajstić information content (AvgIpc) is 3.30. The highest BCUT2D eigenvalue weighted by atomic mass is 19.1. The van der Waals surface area contributed by atoms with Gasteiger partial charge >= 0.3 is 0 Å². The van der Waals surface area contributed by atoms with Crippen molar-refractivity contribution in [2.75, 3.05) is 7.05 Å². The topological polar surface area (TPSA) is 67.8 Å². The molecular weight excluding hydrogens is 347 g/mol. The van der Waals surface area contributed by atoms with Gasteiger partial charge in [-0.05, 0) is 55.2 Å². The molecule has 1 aromatic heterocycles. The minimum atomic E-state index is -0.298. The number of aliphatic imine (C=N–C) groups is 1. The molecule has 2 N–H and O–H groups in total. The van der Waals surface area contributed by atoms with Gasteiger partial charge in [0.05, 0.1) is 18.2 Å². The summed E-state index contributed by atoms with van der Waals surface area (Å²) in [5.74, 6) is 1.47. The van der Waals surface area contributed by atoms with Crippen LogP contribution >= 0.6 is 0 Å². The van der Waals surface area contributed by atoms with Gasteiger partial charge in [0.15, 0.2) is 5.96 Å². The summed E-state index contributed by atoms with van der Waals surface area (Å²) in [6, 6.07) is 9.95. The fourth-order valence-electron chi connectivity index (χ4n) is 3.59. The molecule has 0 amide bonds. The first-order valence-electron chi connectivity index (χ1n) is 9.20. The van der Waals surface area contributed by atoms with Crippen molar-refractivity contribution in [3.63, 3.8) is 0 Å². The van der Waals surface area contributed by atoms with Crippen molar-refractivity contribution in [1.29, 1.82) is 0 Å². The largest absolute Gasteiger partial charge is 0.439 e. The molecule has 0 radical (unpaired) electrons. The van der Waals surface area contributed by atoms with Crippen LogP contribution in [-0.2, 0) is 11.3 Å². The summed E-state index contributed by atoms with van der Waals surface area (Å²) in [5, 5.41) is 6.78. The third-order valence-electron chi connectivity index (χ3n) is 4.95. The van der Waals surface area contributed by atoms with Gasteiger partial charge in [0, 0.05) is 25.9 Å². The molecule has 0 spiro atoms. The van der Waals surface area contributed by atoms with Gasteiger partial charge in [-0.25, -0.2) is 9.37 Å². The number of aromatic nitrogens is 1. The van der Waals surface area contributed by atoms with Gasteiger partial charge in [-0.3, -0.25) is 4.99 Å². The Hall–Kier alpha value is -2.67. The molecule has 3 unspecified atom stereocenters. The fourth-order valence-corrected chi connectivity index (χ4v) is 3.59. The van der Waals surface area contributed by atoms with Crippen molar-refractivity contribution in [2.45, 2.75) is 44.1 Å². The minimum Gasteiger partial charge on any atom is -0.439 e. The zero-order chi connectivity index (χ0) is 18.6. The molecular formula is C20H23FN4O2. The predicted octanol–water partition coefficient (Wildman–Crippen LogP) is 3.00. The second-order valence-electron chi connectivity index (χ2n) is 6.84. The molecule has 2 aromatic rings. The summed E-state index contributed by atoms with van der Waals surface area (Å²) in [5.41, 5.74) is 1.01. The van der Waals surface area contributed by atoms with Crippen LogP contribution in [0.5, 0.6) is 11.6 Å². The number of halogens is 1. The van der Waals surface area contributed by atoms with Crippen molar-refractivity contribution < 1.29 is 13.9 Å². The van der Waals surface area contributed by atoms with Crippen molar-refractivity contribution >= 4 is 5.96 Å². The van der Waals surface area contributed by atoms with E-state index in [9.17, 15) is 4.39 Å². The van der Waals surface area contributed by atoms with Gasteiger partial charge in [-0.2, -0.15) is 0 Å². The molecule has 142 valence electrons. The van der Waals surface area contributed by atoms with E-state index in [0.29, 0.717) is 36.4 Å². The van der Waals surface area contributed by atoms with Crippen molar-refractivity contribution in [3.05, 3.63) is 54.0 Å². The predicted molar refractivity (Wildman–Crippen MR) is 100 cm³/mol. The van der Waals surface area contributed by atoms with Gasteiger partial charge in [0.2, 0.25) is 5.88 Å². The van der Waals surface area contributed by atoms with Crippen LogP contribution in [-0.4, -0.2) is 36.2 Å².